The minimum absolute atomic E-state index is 0.0649. The lowest BCUT2D eigenvalue weighted by molar-refractivity contribution is -0.122. The number of carbonyl (C=O) groups is 1. The van der Waals surface area contributed by atoms with Crippen molar-refractivity contribution in [2.24, 2.45) is 0 Å². The van der Waals surface area contributed by atoms with Gasteiger partial charge in [-0.25, -0.2) is 0 Å². The summed E-state index contributed by atoms with van der Waals surface area (Å²) in [7, 11) is 0. The number of nitrogens with zero attached hydrogens (tertiary/aromatic N) is 1. The Morgan fingerprint density at radius 3 is 2.61 bits per heavy atom. The van der Waals surface area contributed by atoms with Gasteiger partial charge in [0.15, 0.2) is 0 Å². The summed E-state index contributed by atoms with van der Waals surface area (Å²) in [5.74, 6) is -0.0649. The molecule has 0 aliphatic carbocycles. The number of benzene rings is 1. The Morgan fingerprint density at radius 2 is 2.06 bits per heavy atom. The molecule has 1 aromatic carbocycles. The standard InChI is InChI=1S/C14H19N3O/c1-10(13(18)17-14(2,3)4)16-12-7-5-6-11(8-12)9-15/h5-8,10,16H,1-4H3,(H,17,18). The zero-order chi connectivity index (χ0) is 13.8. The first-order valence-corrected chi connectivity index (χ1v) is 5.90. The highest BCUT2D eigenvalue weighted by Gasteiger charge is 2.18. The van der Waals surface area contributed by atoms with Crippen molar-refractivity contribution in [1.29, 1.82) is 5.26 Å². The zero-order valence-electron chi connectivity index (χ0n) is 11.2. The van der Waals surface area contributed by atoms with E-state index < -0.39 is 0 Å². The molecule has 1 atom stereocenters. The first-order valence-electron chi connectivity index (χ1n) is 5.90. The molecule has 96 valence electrons. The Kier molecular flexibility index (Phi) is 4.33. The van der Waals surface area contributed by atoms with Gasteiger partial charge in [-0.15, -0.1) is 0 Å². The van der Waals surface area contributed by atoms with Gasteiger partial charge >= 0.3 is 0 Å². The number of amides is 1. The largest absolute Gasteiger partial charge is 0.374 e. The number of rotatable bonds is 3. The van der Waals surface area contributed by atoms with Crippen LogP contribution in [0.15, 0.2) is 24.3 Å². The van der Waals surface area contributed by atoms with E-state index in [9.17, 15) is 4.79 Å². The summed E-state index contributed by atoms with van der Waals surface area (Å²) in [5.41, 5.74) is 1.09. The molecule has 0 aliphatic rings. The minimum Gasteiger partial charge on any atom is -0.374 e. The second kappa shape index (κ2) is 5.54. The van der Waals surface area contributed by atoms with Gasteiger partial charge in [-0.05, 0) is 45.9 Å². The van der Waals surface area contributed by atoms with Gasteiger partial charge in [-0.3, -0.25) is 4.79 Å². The van der Waals surface area contributed by atoms with E-state index in [1.165, 1.54) is 0 Å². The van der Waals surface area contributed by atoms with Gasteiger partial charge in [-0.1, -0.05) is 6.07 Å². The second-order valence-electron chi connectivity index (χ2n) is 5.30. The van der Waals surface area contributed by atoms with Crippen LogP contribution in [0.5, 0.6) is 0 Å². The van der Waals surface area contributed by atoms with Crippen molar-refractivity contribution in [2.45, 2.75) is 39.3 Å². The lowest BCUT2D eigenvalue weighted by Crippen LogP contribution is -2.47. The molecular formula is C14H19N3O. The normalized spacial score (nSPS) is 12.4. The second-order valence-corrected chi connectivity index (χ2v) is 5.30. The average molecular weight is 245 g/mol. The number of nitrogens with one attached hydrogen (secondary N) is 2. The van der Waals surface area contributed by atoms with Crippen LogP contribution in [0.3, 0.4) is 0 Å². The van der Waals surface area contributed by atoms with Crippen LogP contribution in [0.25, 0.3) is 0 Å². The highest BCUT2D eigenvalue weighted by atomic mass is 16.2. The molecule has 1 rings (SSSR count). The summed E-state index contributed by atoms with van der Waals surface area (Å²) in [5, 5.41) is 14.8. The molecule has 0 saturated heterocycles. The van der Waals surface area contributed by atoms with Crippen LogP contribution >= 0.6 is 0 Å². The Labute approximate surface area is 108 Å². The number of hydrogen-bond donors (Lipinski definition) is 2. The van der Waals surface area contributed by atoms with E-state index in [1.54, 1.807) is 25.1 Å². The van der Waals surface area contributed by atoms with E-state index in [2.05, 4.69) is 16.7 Å². The van der Waals surface area contributed by atoms with Crippen molar-refractivity contribution in [3.8, 4) is 6.07 Å². The van der Waals surface area contributed by atoms with Crippen LogP contribution in [0.1, 0.15) is 33.3 Å². The fourth-order valence-electron chi connectivity index (χ4n) is 1.47. The number of nitriles is 1. The Bertz CT molecular complexity index is 469. The van der Waals surface area contributed by atoms with Crippen LogP contribution in [0.2, 0.25) is 0 Å². The third-order valence-electron chi connectivity index (χ3n) is 2.27. The summed E-state index contributed by atoms with van der Waals surface area (Å²) in [6, 6.07) is 8.79. The molecule has 0 bridgehead atoms. The molecule has 1 aromatic rings. The highest BCUT2D eigenvalue weighted by molar-refractivity contribution is 5.84. The molecule has 0 saturated carbocycles. The molecule has 0 radical (unpaired) electrons. The molecule has 18 heavy (non-hydrogen) atoms. The van der Waals surface area contributed by atoms with Crippen LogP contribution < -0.4 is 10.6 Å². The fraction of sp³-hybridized carbons (Fsp3) is 0.429. The third-order valence-corrected chi connectivity index (χ3v) is 2.27. The van der Waals surface area contributed by atoms with Gasteiger partial charge in [0.05, 0.1) is 11.6 Å². The summed E-state index contributed by atoms with van der Waals surface area (Å²) < 4.78 is 0. The van der Waals surface area contributed by atoms with Crippen molar-refractivity contribution in [3.05, 3.63) is 29.8 Å². The third kappa shape index (κ3) is 4.46. The topological polar surface area (TPSA) is 64.9 Å². The molecule has 0 heterocycles. The van der Waals surface area contributed by atoms with Crippen molar-refractivity contribution in [1.82, 2.24) is 5.32 Å². The van der Waals surface area contributed by atoms with E-state index in [1.807, 2.05) is 26.8 Å². The van der Waals surface area contributed by atoms with Gasteiger partial charge in [0, 0.05) is 11.2 Å². The molecule has 1 unspecified atom stereocenters. The first kappa shape index (κ1) is 14.0. The number of carbonyl (C=O) groups excluding carboxylic acids is 1. The number of anilines is 1. The maximum Gasteiger partial charge on any atom is 0.242 e. The smallest absolute Gasteiger partial charge is 0.242 e. The Balaban J connectivity index is 2.67. The van der Waals surface area contributed by atoms with E-state index in [-0.39, 0.29) is 17.5 Å². The zero-order valence-corrected chi connectivity index (χ0v) is 11.2. The molecule has 0 aromatic heterocycles. The molecule has 4 nitrogen and oxygen atoms in total. The lowest BCUT2D eigenvalue weighted by Gasteiger charge is -2.24. The molecule has 0 aliphatic heterocycles. The van der Waals surface area contributed by atoms with E-state index in [4.69, 9.17) is 5.26 Å². The summed E-state index contributed by atoms with van der Waals surface area (Å²) in [4.78, 5) is 11.9. The Morgan fingerprint density at radius 1 is 1.39 bits per heavy atom. The van der Waals surface area contributed by atoms with Crippen molar-refractivity contribution >= 4 is 11.6 Å². The van der Waals surface area contributed by atoms with Crippen LogP contribution in [0.4, 0.5) is 5.69 Å². The minimum atomic E-state index is -0.349. The number of hydrogen-bond acceptors (Lipinski definition) is 3. The quantitative estimate of drug-likeness (QED) is 0.858. The molecule has 1 amide bonds. The molecule has 2 N–H and O–H groups in total. The maximum absolute atomic E-state index is 11.9. The van der Waals surface area contributed by atoms with Gasteiger partial charge in [0.1, 0.15) is 6.04 Å². The van der Waals surface area contributed by atoms with Gasteiger partial charge in [0.2, 0.25) is 5.91 Å². The summed E-state index contributed by atoms with van der Waals surface area (Å²) >= 11 is 0. The van der Waals surface area contributed by atoms with Crippen LogP contribution in [-0.4, -0.2) is 17.5 Å². The van der Waals surface area contributed by atoms with E-state index >= 15 is 0 Å². The molecular weight excluding hydrogens is 226 g/mol. The van der Waals surface area contributed by atoms with Crippen molar-refractivity contribution < 1.29 is 4.79 Å². The predicted molar refractivity (Wildman–Crippen MR) is 72.1 cm³/mol. The fourth-order valence-corrected chi connectivity index (χ4v) is 1.47. The van der Waals surface area contributed by atoms with Crippen LogP contribution in [-0.2, 0) is 4.79 Å². The summed E-state index contributed by atoms with van der Waals surface area (Å²) in [6.07, 6.45) is 0. The SMILES string of the molecule is CC(Nc1cccc(C#N)c1)C(=O)NC(C)(C)C. The first-order chi connectivity index (χ1) is 8.31. The lowest BCUT2D eigenvalue weighted by atomic mass is 10.1. The molecule has 4 heteroatoms. The molecule has 0 fully saturated rings. The molecule has 0 spiro atoms. The van der Waals surface area contributed by atoms with Gasteiger partial charge < -0.3 is 10.6 Å². The summed E-state index contributed by atoms with van der Waals surface area (Å²) in [6.45, 7) is 7.61. The monoisotopic (exact) mass is 245 g/mol. The average Bonchev–Trinajstić information content (AvgIpc) is 2.27. The van der Waals surface area contributed by atoms with Gasteiger partial charge in [0.25, 0.3) is 0 Å². The van der Waals surface area contributed by atoms with Gasteiger partial charge in [-0.2, -0.15) is 5.26 Å². The maximum atomic E-state index is 11.9. The Hall–Kier alpha value is -2.02. The van der Waals surface area contributed by atoms with Crippen LogP contribution in [0, 0.1) is 11.3 Å². The van der Waals surface area contributed by atoms with E-state index in [0.29, 0.717) is 5.56 Å². The van der Waals surface area contributed by atoms with E-state index in [0.717, 1.165) is 5.69 Å². The van der Waals surface area contributed by atoms with Crippen molar-refractivity contribution in [3.63, 3.8) is 0 Å². The predicted octanol–water partition coefficient (Wildman–Crippen LogP) is 2.27. The van der Waals surface area contributed by atoms with Crippen molar-refractivity contribution in [2.75, 3.05) is 5.32 Å². The highest BCUT2D eigenvalue weighted by Crippen LogP contribution is 2.11.